The van der Waals surface area contributed by atoms with E-state index in [1.165, 1.54) is 0 Å². The number of pyridine rings is 1. The first-order valence-electron chi connectivity index (χ1n) is 4.84. The van der Waals surface area contributed by atoms with Gasteiger partial charge in [0, 0.05) is 6.20 Å². The lowest BCUT2D eigenvalue weighted by atomic mass is 10.2. The van der Waals surface area contributed by atoms with Gasteiger partial charge in [0.05, 0.1) is 27.5 Å². The zero-order chi connectivity index (χ0) is 12.3. The molecule has 3 nitrogen and oxygen atoms in total. The Morgan fingerprint density at radius 2 is 2.00 bits per heavy atom. The van der Waals surface area contributed by atoms with Crippen molar-refractivity contribution in [3.8, 4) is 0 Å². The number of hydrogen-bond donors (Lipinski definition) is 1. The Hall–Kier alpha value is -1.58. The smallest absolute Gasteiger partial charge is 0.257 e. The van der Waals surface area contributed by atoms with Crippen LogP contribution in [0.5, 0.6) is 0 Å². The van der Waals surface area contributed by atoms with Gasteiger partial charge in [-0.1, -0.05) is 29.3 Å². The summed E-state index contributed by atoms with van der Waals surface area (Å²) in [6.45, 7) is 0. The summed E-state index contributed by atoms with van der Waals surface area (Å²) in [5.74, 6) is -0.314. The third kappa shape index (κ3) is 2.75. The second kappa shape index (κ2) is 5.17. The van der Waals surface area contributed by atoms with Gasteiger partial charge in [-0.15, -0.1) is 0 Å². The average Bonchev–Trinajstić information content (AvgIpc) is 2.34. The topological polar surface area (TPSA) is 42.0 Å². The number of amides is 1. The van der Waals surface area contributed by atoms with Gasteiger partial charge in [-0.2, -0.15) is 0 Å². The molecule has 0 saturated carbocycles. The third-order valence-electron chi connectivity index (χ3n) is 2.12. The molecule has 17 heavy (non-hydrogen) atoms. The highest BCUT2D eigenvalue weighted by Crippen LogP contribution is 2.26. The summed E-state index contributed by atoms with van der Waals surface area (Å²) >= 11 is 11.8. The Bertz CT molecular complexity index is 543. The first-order valence-corrected chi connectivity index (χ1v) is 5.59. The molecule has 1 N–H and O–H groups in total. The Balaban J connectivity index is 2.24. The lowest BCUT2D eigenvalue weighted by Gasteiger charge is -2.06. The summed E-state index contributed by atoms with van der Waals surface area (Å²) in [6.07, 6.45) is 3.18. The van der Waals surface area contributed by atoms with Crippen LogP contribution in [0, 0.1) is 0 Å². The largest absolute Gasteiger partial charge is 0.321 e. The highest BCUT2D eigenvalue weighted by Gasteiger charge is 2.12. The van der Waals surface area contributed by atoms with Crippen LogP contribution >= 0.6 is 23.2 Å². The van der Waals surface area contributed by atoms with Gasteiger partial charge in [-0.05, 0) is 24.3 Å². The molecule has 5 heteroatoms. The predicted molar refractivity (Wildman–Crippen MR) is 68.7 cm³/mol. The molecule has 0 fully saturated rings. The Labute approximate surface area is 108 Å². The predicted octanol–water partition coefficient (Wildman–Crippen LogP) is 3.64. The Morgan fingerprint density at radius 1 is 1.18 bits per heavy atom. The lowest BCUT2D eigenvalue weighted by Crippen LogP contribution is -2.12. The number of halogens is 2. The zero-order valence-corrected chi connectivity index (χ0v) is 10.2. The normalized spacial score (nSPS) is 10.0. The monoisotopic (exact) mass is 266 g/mol. The molecule has 1 amide bonds. The molecule has 1 aromatic heterocycles. The number of nitrogens with one attached hydrogen (secondary N) is 1. The average molecular weight is 267 g/mol. The summed E-state index contributed by atoms with van der Waals surface area (Å²) in [7, 11) is 0. The van der Waals surface area contributed by atoms with Crippen molar-refractivity contribution in [3.63, 3.8) is 0 Å². The molecule has 2 aromatic rings. The summed E-state index contributed by atoms with van der Waals surface area (Å²) in [4.78, 5) is 15.8. The molecule has 1 aromatic carbocycles. The summed E-state index contributed by atoms with van der Waals surface area (Å²) in [6, 6.07) is 8.38. The summed E-state index contributed by atoms with van der Waals surface area (Å²) in [5, 5.41) is 3.28. The molecular formula is C12H8Cl2N2O. The lowest BCUT2D eigenvalue weighted by molar-refractivity contribution is 0.102. The van der Waals surface area contributed by atoms with Gasteiger partial charge in [-0.3, -0.25) is 9.78 Å². The van der Waals surface area contributed by atoms with Crippen LogP contribution in [0.3, 0.4) is 0 Å². The van der Waals surface area contributed by atoms with E-state index in [4.69, 9.17) is 23.2 Å². The van der Waals surface area contributed by atoms with Crippen molar-refractivity contribution in [1.82, 2.24) is 4.98 Å². The highest BCUT2D eigenvalue weighted by molar-refractivity contribution is 6.44. The van der Waals surface area contributed by atoms with Crippen molar-refractivity contribution in [2.24, 2.45) is 0 Å². The van der Waals surface area contributed by atoms with E-state index in [1.807, 2.05) is 0 Å². The second-order valence-electron chi connectivity index (χ2n) is 3.30. The maximum atomic E-state index is 11.9. The van der Waals surface area contributed by atoms with Crippen LogP contribution < -0.4 is 5.32 Å². The molecule has 2 rings (SSSR count). The van der Waals surface area contributed by atoms with Crippen molar-refractivity contribution < 1.29 is 4.79 Å². The number of hydrogen-bond acceptors (Lipinski definition) is 2. The SMILES string of the molecule is O=C(Nc1cccnc1)c1cccc(Cl)c1Cl. The highest BCUT2D eigenvalue weighted by atomic mass is 35.5. The first-order chi connectivity index (χ1) is 8.18. The standard InChI is InChI=1S/C12H8Cl2N2O/c13-10-5-1-4-9(11(10)14)12(17)16-8-3-2-6-15-7-8/h1-7H,(H,16,17). The number of carbonyl (C=O) groups is 1. The number of aromatic nitrogens is 1. The van der Waals surface area contributed by atoms with Crippen molar-refractivity contribution in [3.05, 3.63) is 58.3 Å². The fourth-order valence-electron chi connectivity index (χ4n) is 1.31. The molecule has 0 aliphatic heterocycles. The van der Waals surface area contributed by atoms with E-state index < -0.39 is 0 Å². The quantitative estimate of drug-likeness (QED) is 0.902. The first kappa shape index (κ1) is 11.9. The molecule has 1 heterocycles. The van der Waals surface area contributed by atoms with E-state index in [2.05, 4.69) is 10.3 Å². The summed E-state index contributed by atoms with van der Waals surface area (Å²) in [5.41, 5.74) is 0.941. The molecule has 86 valence electrons. The van der Waals surface area contributed by atoms with E-state index in [-0.39, 0.29) is 10.9 Å². The van der Waals surface area contributed by atoms with Crippen LogP contribution in [0.2, 0.25) is 10.0 Å². The second-order valence-corrected chi connectivity index (χ2v) is 4.08. The molecule has 0 spiro atoms. The fraction of sp³-hybridized carbons (Fsp3) is 0. The van der Waals surface area contributed by atoms with Crippen molar-refractivity contribution in [2.75, 3.05) is 5.32 Å². The van der Waals surface area contributed by atoms with Gasteiger partial charge in [0.1, 0.15) is 0 Å². The number of rotatable bonds is 2. The Morgan fingerprint density at radius 3 is 2.71 bits per heavy atom. The van der Waals surface area contributed by atoms with Gasteiger partial charge >= 0.3 is 0 Å². The van der Waals surface area contributed by atoms with Crippen LogP contribution in [0.25, 0.3) is 0 Å². The molecule has 0 bridgehead atoms. The van der Waals surface area contributed by atoms with E-state index in [0.29, 0.717) is 16.3 Å². The molecule has 0 saturated heterocycles. The zero-order valence-electron chi connectivity index (χ0n) is 8.65. The van der Waals surface area contributed by atoms with Crippen molar-refractivity contribution >= 4 is 34.8 Å². The number of benzene rings is 1. The fourth-order valence-corrected chi connectivity index (χ4v) is 1.70. The van der Waals surface area contributed by atoms with E-state index in [1.54, 1.807) is 42.7 Å². The van der Waals surface area contributed by atoms with Crippen molar-refractivity contribution in [1.29, 1.82) is 0 Å². The van der Waals surface area contributed by atoms with Gasteiger partial charge in [-0.25, -0.2) is 0 Å². The molecule has 0 atom stereocenters. The van der Waals surface area contributed by atoms with E-state index >= 15 is 0 Å². The van der Waals surface area contributed by atoms with Crippen LogP contribution in [-0.2, 0) is 0 Å². The minimum atomic E-state index is -0.314. The van der Waals surface area contributed by atoms with Crippen molar-refractivity contribution in [2.45, 2.75) is 0 Å². The van der Waals surface area contributed by atoms with Crippen LogP contribution in [0.15, 0.2) is 42.7 Å². The van der Waals surface area contributed by atoms with Crippen LogP contribution in [0.4, 0.5) is 5.69 Å². The number of anilines is 1. The van der Waals surface area contributed by atoms with Crippen LogP contribution in [-0.4, -0.2) is 10.9 Å². The Kier molecular flexibility index (Phi) is 3.61. The molecule has 0 aliphatic carbocycles. The minimum absolute atomic E-state index is 0.246. The number of nitrogens with zero attached hydrogens (tertiary/aromatic N) is 1. The van der Waals surface area contributed by atoms with Crippen LogP contribution in [0.1, 0.15) is 10.4 Å². The molecule has 0 unspecified atom stereocenters. The maximum absolute atomic E-state index is 11.9. The van der Waals surface area contributed by atoms with Gasteiger partial charge in [0.25, 0.3) is 5.91 Å². The van der Waals surface area contributed by atoms with E-state index in [0.717, 1.165) is 0 Å². The van der Waals surface area contributed by atoms with E-state index in [9.17, 15) is 4.79 Å². The third-order valence-corrected chi connectivity index (χ3v) is 2.93. The maximum Gasteiger partial charge on any atom is 0.257 e. The summed E-state index contributed by atoms with van der Waals surface area (Å²) < 4.78 is 0. The number of carbonyl (C=O) groups excluding carboxylic acids is 1. The molecule has 0 aliphatic rings. The van der Waals surface area contributed by atoms with Gasteiger partial charge < -0.3 is 5.32 Å². The minimum Gasteiger partial charge on any atom is -0.321 e. The molecule has 0 radical (unpaired) electrons. The van der Waals surface area contributed by atoms with Gasteiger partial charge in [0.15, 0.2) is 0 Å². The van der Waals surface area contributed by atoms with Gasteiger partial charge in [0.2, 0.25) is 0 Å². The molecular weight excluding hydrogens is 259 g/mol.